The van der Waals surface area contributed by atoms with Crippen molar-refractivity contribution in [3.8, 4) is 0 Å². The molecule has 13 heavy (non-hydrogen) atoms. The quantitative estimate of drug-likeness (QED) is 0.640. The summed E-state index contributed by atoms with van der Waals surface area (Å²) in [5, 5.41) is 0.640. The van der Waals surface area contributed by atoms with Gasteiger partial charge in [0.1, 0.15) is 0 Å². The van der Waals surface area contributed by atoms with Crippen molar-refractivity contribution in [3.63, 3.8) is 0 Å². The lowest BCUT2D eigenvalue weighted by molar-refractivity contribution is -0.131. The van der Waals surface area contributed by atoms with Gasteiger partial charge in [-0.15, -0.1) is 0 Å². The molecular formula is C9H9O3P. The second kappa shape index (κ2) is 3.00. The Labute approximate surface area is 76.2 Å². The Kier molecular flexibility index (Phi) is 1.97. The van der Waals surface area contributed by atoms with Crippen molar-refractivity contribution in [2.45, 2.75) is 6.42 Å². The fourth-order valence-electron chi connectivity index (χ4n) is 1.33. The van der Waals surface area contributed by atoms with E-state index in [0.717, 1.165) is 0 Å². The van der Waals surface area contributed by atoms with Gasteiger partial charge >= 0.3 is 5.97 Å². The lowest BCUT2D eigenvalue weighted by Crippen LogP contribution is -2.04. The van der Waals surface area contributed by atoms with E-state index in [1.807, 2.05) is 6.07 Å². The van der Waals surface area contributed by atoms with Crippen molar-refractivity contribution in [1.29, 1.82) is 0 Å². The maximum atomic E-state index is 12.0. The maximum absolute atomic E-state index is 12.0. The van der Waals surface area contributed by atoms with E-state index < -0.39 is 7.37 Å². The summed E-state index contributed by atoms with van der Waals surface area (Å²) < 4.78 is 16.8. The number of carbonyl (C=O) groups is 1. The van der Waals surface area contributed by atoms with E-state index in [0.29, 0.717) is 11.5 Å². The van der Waals surface area contributed by atoms with Crippen molar-refractivity contribution in [3.05, 3.63) is 30.3 Å². The number of carbonyl (C=O) groups excluding carboxylic acids is 1. The van der Waals surface area contributed by atoms with Gasteiger partial charge in [-0.2, -0.15) is 0 Å². The topological polar surface area (TPSA) is 43.4 Å². The van der Waals surface area contributed by atoms with Crippen LogP contribution in [0.4, 0.5) is 0 Å². The van der Waals surface area contributed by atoms with Gasteiger partial charge in [0, 0.05) is 11.5 Å². The maximum Gasteiger partial charge on any atom is 0.311 e. The third-order valence-corrected chi connectivity index (χ3v) is 4.41. The van der Waals surface area contributed by atoms with Gasteiger partial charge in [-0.25, -0.2) is 0 Å². The predicted octanol–water partition coefficient (Wildman–Crippen LogP) is 1.54. The molecule has 0 N–H and O–H groups in total. The van der Waals surface area contributed by atoms with Gasteiger partial charge in [0.25, 0.3) is 7.37 Å². The van der Waals surface area contributed by atoms with Crippen LogP contribution in [0.2, 0.25) is 0 Å². The highest BCUT2D eigenvalue weighted by atomic mass is 31.2. The fraction of sp³-hybridized carbons (Fsp3) is 0.222. The van der Waals surface area contributed by atoms with Crippen molar-refractivity contribution in [1.82, 2.24) is 0 Å². The Balaban J connectivity index is 2.37. The number of hydrogen-bond acceptors (Lipinski definition) is 3. The molecule has 1 aromatic rings. The van der Waals surface area contributed by atoms with E-state index in [2.05, 4.69) is 0 Å². The first-order chi connectivity index (χ1) is 6.21. The van der Waals surface area contributed by atoms with E-state index >= 15 is 0 Å². The number of rotatable bonds is 1. The normalized spacial score (nSPS) is 27.2. The third-order valence-electron chi connectivity index (χ3n) is 2.01. The van der Waals surface area contributed by atoms with Gasteiger partial charge in [0.05, 0.1) is 6.42 Å². The monoisotopic (exact) mass is 196 g/mol. The number of benzene rings is 1. The molecule has 1 aliphatic rings. The Morgan fingerprint density at radius 2 is 1.92 bits per heavy atom. The minimum Gasteiger partial charge on any atom is -0.408 e. The Morgan fingerprint density at radius 1 is 1.23 bits per heavy atom. The molecule has 0 radical (unpaired) electrons. The molecule has 0 aromatic heterocycles. The van der Waals surface area contributed by atoms with Crippen molar-refractivity contribution in [2.75, 3.05) is 6.16 Å². The highest BCUT2D eigenvalue weighted by Gasteiger charge is 2.36. The Hall–Kier alpha value is -1.08. The first-order valence-electron chi connectivity index (χ1n) is 4.08. The van der Waals surface area contributed by atoms with Gasteiger partial charge in [-0.1, -0.05) is 18.2 Å². The van der Waals surface area contributed by atoms with Crippen molar-refractivity contribution in [2.24, 2.45) is 0 Å². The highest BCUT2D eigenvalue weighted by molar-refractivity contribution is 7.67. The summed E-state index contributed by atoms with van der Waals surface area (Å²) in [5.74, 6) is -0.354. The molecule has 0 bridgehead atoms. The standard InChI is InChI=1S/C9H9O3P/c10-9-6-7-13(11,12-9)8-4-2-1-3-5-8/h1-5H,6-7H2/t13-/m1/s1. The SMILES string of the molecule is O=C1CC[P@](=O)(c2ccccc2)O1. The van der Waals surface area contributed by atoms with Gasteiger partial charge in [0.15, 0.2) is 0 Å². The molecular weight excluding hydrogens is 187 g/mol. The largest absolute Gasteiger partial charge is 0.408 e. The zero-order valence-electron chi connectivity index (χ0n) is 6.97. The summed E-state index contributed by atoms with van der Waals surface area (Å²) >= 11 is 0. The van der Waals surface area contributed by atoms with Crippen LogP contribution in [-0.2, 0) is 13.9 Å². The molecule has 0 amide bonds. The van der Waals surface area contributed by atoms with E-state index in [1.165, 1.54) is 0 Å². The first-order valence-corrected chi connectivity index (χ1v) is 5.89. The van der Waals surface area contributed by atoms with Crippen LogP contribution in [0.25, 0.3) is 0 Å². The van der Waals surface area contributed by atoms with Gasteiger partial charge < -0.3 is 4.52 Å². The molecule has 68 valence electrons. The first kappa shape index (κ1) is 8.52. The van der Waals surface area contributed by atoms with E-state index in [9.17, 15) is 9.36 Å². The second-order valence-corrected chi connectivity index (χ2v) is 5.44. The highest BCUT2D eigenvalue weighted by Crippen LogP contribution is 2.50. The lowest BCUT2D eigenvalue weighted by atomic mass is 10.4. The van der Waals surface area contributed by atoms with Crippen LogP contribution in [0, 0.1) is 0 Å². The Bertz CT molecular complexity index is 372. The summed E-state index contributed by atoms with van der Waals surface area (Å²) in [7, 11) is -2.83. The number of hydrogen-bond donors (Lipinski definition) is 0. The molecule has 1 atom stereocenters. The van der Waals surface area contributed by atoms with E-state index in [-0.39, 0.29) is 12.4 Å². The minimum atomic E-state index is -2.83. The molecule has 1 aliphatic heterocycles. The molecule has 1 saturated heterocycles. The molecule has 0 aliphatic carbocycles. The van der Waals surface area contributed by atoms with Crippen LogP contribution in [-0.4, -0.2) is 12.1 Å². The average molecular weight is 196 g/mol. The lowest BCUT2D eigenvalue weighted by Gasteiger charge is -2.08. The summed E-state index contributed by atoms with van der Waals surface area (Å²) in [6.07, 6.45) is 0.613. The molecule has 2 rings (SSSR count). The second-order valence-electron chi connectivity index (χ2n) is 2.95. The minimum absolute atomic E-state index is 0.270. The van der Waals surface area contributed by atoms with Crippen LogP contribution in [0.15, 0.2) is 30.3 Å². The Morgan fingerprint density at radius 3 is 2.46 bits per heavy atom. The fourth-order valence-corrected chi connectivity index (χ4v) is 3.31. The summed E-state index contributed by atoms with van der Waals surface area (Å²) in [5.41, 5.74) is 0. The smallest absolute Gasteiger partial charge is 0.311 e. The average Bonchev–Trinajstić information content (AvgIpc) is 2.49. The van der Waals surface area contributed by atoms with E-state index in [1.54, 1.807) is 24.3 Å². The zero-order chi connectivity index (χ0) is 9.31. The molecule has 1 fully saturated rings. The van der Waals surface area contributed by atoms with Crippen LogP contribution in [0.3, 0.4) is 0 Å². The summed E-state index contributed by atoms with van der Waals surface area (Å²) in [4.78, 5) is 10.8. The van der Waals surface area contributed by atoms with Crippen molar-refractivity contribution >= 4 is 18.6 Å². The molecule has 1 heterocycles. The summed E-state index contributed by atoms with van der Waals surface area (Å²) in [6.45, 7) is 0. The molecule has 0 saturated carbocycles. The molecule has 0 spiro atoms. The van der Waals surface area contributed by atoms with Gasteiger partial charge in [-0.3, -0.25) is 9.36 Å². The van der Waals surface area contributed by atoms with Crippen LogP contribution >= 0.6 is 7.37 Å². The van der Waals surface area contributed by atoms with Gasteiger partial charge in [0.2, 0.25) is 0 Å². The molecule has 3 nitrogen and oxygen atoms in total. The zero-order valence-corrected chi connectivity index (χ0v) is 7.87. The van der Waals surface area contributed by atoms with Gasteiger partial charge in [-0.05, 0) is 12.1 Å². The molecule has 4 heteroatoms. The van der Waals surface area contributed by atoms with Crippen LogP contribution in [0.1, 0.15) is 6.42 Å². The summed E-state index contributed by atoms with van der Waals surface area (Å²) in [6, 6.07) is 8.90. The van der Waals surface area contributed by atoms with Crippen molar-refractivity contribution < 1.29 is 13.9 Å². The van der Waals surface area contributed by atoms with Crippen LogP contribution < -0.4 is 5.30 Å². The molecule has 1 aromatic carbocycles. The predicted molar refractivity (Wildman–Crippen MR) is 49.3 cm³/mol. The van der Waals surface area contributed by atoms with E-state index in [4.69, 9.17) is 4.52 Å². The molecule has 0 unspecified atom stereocenters. The van der Waals surface area contributed by atoms with Crippen LogP contribution in [0.5, 0.6) is 0 Å². The third kappa shape index (κ3) is 1.52.